The lowest BCUT2D eigenvalue weighted by molar-refractivity contribution is 0.369. The van der Waals surface area contributed by atoms with Crippen LogP contribution in [0, 0.1) is 0 Å². The maximum atomic E-state index is 10.1. The lowest BCUT2D eigenvalue weighted by Gasteiger charge is -2.37. The van der Waals surface area contributed by atoms with Gasteiger partial charge in [-0.25, -0.2) is 9.98 Å². The number of benzene rings is 2. The molecule has 0 atom stereocenters. The summed E-state index contributed by atoms with van der Waals surface area (Å²) >= 11 is 1.66. The SMILES string of the molecule is CCNC(=NCc1csc(-c2ccccc2)n1)N1CCN(c2ccccc2O)CC1. The molecule has 7 heteroatoms. The molecular formula is C23H27N5OS. The fraction of sp³-hybridized carbons (Fsp3) is 0.304. The number of rotatable bonds is 5. The van der Waals surface area contributed by atoms with Gasteiger partial charge in [-0.3, -0.25) is 0 Å². The van der Waals surface area contributed by atoms with Gasteiger partial charge < -0.3 is 20.2 Å². The van der Waals surface area contributed by atoms with Crippen LogP contribution in [0.15, 0.2) is 65.0 Å². The number of hydrogen-bond donors (Lipinski definition) is 2. The lowest BCUT2D eigenvalue weighted by Crippen LogP contribution is -2.52. The largest absolute Gasteiger partial charge is 0.506 e. The van der Waals surface area contributed by atoms with Gasteiger partial charge in [-0.05, 0) is 19.1 Å². The van der Waals surface area contributed by atoms with E-state index in [0.717, 1.165) is 60.6 Å². The number of phenolic OH excluding ortho intramolecular Hbond substituents is 1. The second-order valence-electron chi connectivity index (χ2n) is 7.14. The van der Waals surface area contributed by atoms with Crippen LogP contribution in [0.4, 0.5) is 5.69 Å². The number of nitrogens with zero attached hydrogens (tertiary/aromatic N) is 4. The number of thiazole rings is 1. The van der Waals surface area contributed by atoms with Gasteiger partial charge in [0.2, 0.25) is 0 Å². The molecule has 1 aromatic heterocycles. The maximum absolute atomic E-state index is 10.1. The molecule has 0 spiro atoms. The van der Waals surface area contributed by atoms with E-state index in [-0.39, 0.29) is 0 Å². The molecule has 0 radical (unpaired) electrons. The predicted molar refractivity (Wildman–Crippen MR) is 124 cm³/mol. The van der Waals surface area contributed by atoms with Crippen molar-refractivity contribution in [2.45, 2.75) is 13.5 Å². The zero-order chi connectivity index (χ0) is 20.8. The van der Waals surface area contributed by atoms with E-state index in [4.69, 9.17) is 9.98 Å². The predicted octanol–water partition coefficient (Wildman–Crippen LogP) is 3.80. The molecule has 0 aliphatic carbocycles. The molecule has 1 saturated heterocycles. The number of aliphatic imine (C=N–C) groups is 1. The molecule has 2 heterocycles. The van der Waals surface area contributed by atoms with E-state index >= 15 is 0 Å². The number of para-hydroxylation sites is 2. The fourth-order valence-electron chi connectivity index (χ4n) is 3.57. The van der Waals surface area contributed by atoms with Crippen LogP contribution in [0.1, 0.15) is 12.6 Å². The zero-order valence-electron chi connectivity index (χ0n) is 17.2. The second kappa shape index (κ2) is 9.63. The Morgan fingerprint density at radius 3 is 2.53 bits per heavy atom. The summed E-state index contributed by atoms with van der Waals surface area (Å²) in [4.78, 5) is 14.1. The third-order valence-electron chi connectivity index (χ3n) is 5.10. The summed E-state index contributed by atoms with van der Waals surface area (Å²) in [6, 6.07) is 17.8. The van der Waals surface area contributed by atoms with Crippen LogP contribution in [0.25, 0.3) is 10.6 Å². The Kier molecular flexibility index (Phi) is 6.49. The third kappa shape index (κ3) is 4.74. The molecule has 6 nitrogen and oxygen atoms in total. The normalized spacial score (nSPS) is 14.8. The summed E-state index contributed by atoms with van der Waals surface area (Å²) < 4.78 is 0. The van der Waals surface area contributed by atoms with Gasteiger partial charge in [0, 0.05) is 43.7 Å². The summed E-state index contributed by atoms with van der Waals surface area (Å²) in [6.07, 6.45) is 0. The first-order valence-corrected chi connectivity index (χ1v) is 11.2. The Bertz CT molecular complexity index is 980. The molecule has 1 aliphatic heterocycles. The summed E-state index contributed by atoms with van der Waals surface area (Å²) in [5, 5.41) is 16.6. The molecule has 30 heavy (non-hydrogen) atoms. The molecule has 0 saturated carbocycles. The molecule has 3 aromatic rings. The summed E-state index contributed by atoms with van der Waals surface area (Å²) in [5.41, 5.74) is 3.03. The summed E-state index contributed by atoms with van der Waals surface area (Å²) in [5.74, 6) is 1.26. The van der Waals surface area contributed by atoms with E-state index in [2.05, 4.69) is 39.6 Å². The molecular weight excluding hydrogens is 394 g/mol. The molecule has 2 aromatic carbocycles. The van der Waals surface area contributed by atoms with Gasteiger partial charge in [0.1, 0.15) is 10.8 Å². The van der Waals surface area contributed by atoms with E-state index in [1.165, 1.54) is 0 Å². The van der Waals surface area contributed by atoms with Gasteiger partial charge in [0.25, 0.3) is 0 Å². The van der Waals surface area contributed by atoms with Crippen LogP contribution in [-0.4, -0.2) is 53.7 Å². The molecule has 4 rings (SSSR count). The van der Waals surface area contributed by atoms with Crippen molar-refractivity contribution in [3.8, 4) is 16.3 Å². The van der Waals surface area contributed by atoms with Crippen molar-refractivity contribution in [2.24, 2.45) is 4.99 Å². The van der Waals surface area contributed by atoms with Crippen molar-refractivity contribution in [3.05, 3.63) is 65.7 Å². The number of hydrogen-bond acceptors (Lipinski definition) is 5. The van der Waals surface area contributed by atoms with Gasteiger partial charge in [0.15, 0.2) is 5.96 Å². The Morgan fingerprint density at radius 1 is 1.07 bits per heavy atom. The van der Waals surface area contributed by atoms with Gasteiger partial charge in [-0.2, -0.15) is 0 Å². The quantitative estimate of drug-likeness (QED) is 0.485. The molecule has 2 N–H and O–H groups in total. The van der Waals surface area contributed by atoms with Crippen molar-refractivity contribution in [2.75, 3.05) is 37.6 Å². The topological polar surface area (TPSA) is 64.0 Å². The minimum Gasteiger partial charge on any atom is -0.506 e. The number of phenols is 1. The Morgan fingerprint density at radius 2 is 1.80 bits per heavy atom. The number of guanidine groups is 1. The third-order valence-corrected chi connectivity index (χ3v) is 6.04. The van der Waals surface area contributed by atoms with E-state index in [1.807, 2.05) is 36.4 Å². The van der Waals surface area contributed by atoms with E-state index in [0.29, 0.717) is 12.3 Å². The Balaban J connectivity index is 1.40. The number of nitrogens with one attached hydrogen (secondary N) is 1. The van der Waals surface area contributed by atoms with Crippen molar-refractivity contribution >= 4 is 23.0 Å². The first-order chi connectivity index (χ1) is 14.7. The average Bonchev–Trinajstić information content (AvgIpc) is 3.27. The average molecular weight is 422 g/mol. The minimum atomic E-state index is 0.337. The van der Waals surface area contributed by atoms with Crippen molar-refractivity contribution in [1.29, 1.82) is 0 Å². The highest BCUT2D eigenvalue weighted by molar-refractivity contribution is 7.13. The lowest BCUT2D eigenvalue weighted by atomic mass is 10.2. The van der Waals surface area contributed by atoms with Crippen LogP contribution in [-0.2, 0) is 6.54 Å². The van der Waals surface area contributed by atoms with Crippen LogP contribution in [0.3, 0.4) is 0 Å². The number of anilines is 1. The van der Waals surface area contributed by atoms with Gasteiger partial charge in [0.05, 0.1) is 17.9 Å². The van der Waals surface area contributed by atoms with Crippen LogP contribution >= 0.6 is 11.3 Å². The molecule has 0 amide bonds. The highest BCUT2D eigenvalue weighted by Gasteiger charge is 2.21. The standard InChI is InChI=1S/C23H27N5OS/c1-2-24-23(25-16-19-17-30-22(26-19)18-8-4-3-5-9-18)28-14-12-27(13-15-28)20-10-6-7-11-21(20)29/h3-11,17,29H,2,12-16H2,1H3,(H,24,25). The van der Waals surface area contributed by atoms with Crippen molar-refractivity contribution in [1.82, 2.24) is 15.2 Å². The van der Waals surface area contributed by atoms with E-state index in [1.54, 1.807) is 17.4 Å². The Hall–Kier alpha value is -3.06. The molecule has 1 fully saturated rings. The minimum absolute atomic E-state index is 0.337. The Labute approximate surface area is 181 Å². The van der Waals surface area contributed by atoms with Gasteiger partial charge in [-0.1, -0.05) is 42.5 Å². The molecule has 0 unspecified atom stereocenters. The number of piperazine rings is 1. The zero-order valence-corrected chi connectivity index (χ0v) is 18.0. The second-order valence-corrected chi connectivity index (χ2v) is 8.00. The summed E-state index contributed by atoms with van der Waals surface area (Å²) in [6.45, 7) is 6.87. The highest BCUT2D eigenvalue weighted by Crippen LogP contribution is 2.27. The van der Waals surface area contributed by atoms with E-state index < -0.39 is 0 Å². The molecule has 0 bridgehead atoms. The highest BCUT2D eigenvalue weighted by atomic mass is 32.1. The first kappa shape index (κ1) is 20.2. The number of aromatic nitrogens is 1. The fourth-order valence-corrected chi connectivity index (χ4v) is 4.38. The van der Waals surface area contributed by atoms with Crippen LogP contribution < -0.4 is 10.2 Å². The maximum Gasteiger partial charge on any atom is 0.194 e. The summed E-state index contributed by atoms with van der Waals surface area (Å²) in [7, 11) is 0. The molecule has 1 aliphatic rings. The number of aromatic hydroxyl groups is 1. The first-order valence-electron chi connectivity index (χ1n) is 10.3. The van der Waals surface area contributed by atoms with Crippen LogP contribution in [0.5, 0.6) is 5.75 Å². The van der Waals surface area contributed by atoms with Crippen LogP contribution in [0.2, 0.25) is 0 Å². The monoisotopic (exact) mass is 421 g/mol. The van der Waals surface area contributed by atoms with Crippen molar-refractivity contribution in [3.63, 3.8) is 0 Å². The molecule has 156 valence electrons. The van der Waals surface area contributed by atoms with Crippen molar-refractivity contribution < 1.29 is 5.11 Å². The smallest absolute Gasteiger partial charge is 0.194 e. The van der Waals surface area contributed by atoms with Gasteiger partial charge >= 0.3 is 0 Å². The van der Waals surface area contributed by atoms with Gasteiger partial charge in [-0.15, -0.1) is 11.3 Å². The van der Waals surface area contributed by atoms with E-state index in [9.17, 15) is 5.11 Å².